The summed E-state index contributed by atoms with van der Waals surface area (Å²) in [4.78, 5) is 16.0. The van der Waals surface area contributed by atoms with E-state index in [0.29, 0.717) is 17.5 Å². The number of nitrogens with zero attached hydrogens (tertiary/aromatic N) is 3. The van der Waals surface area contributed by atoms with Crippen LogP contribution in [0.15, 0.2) is 212 Å². The van der Waals surface area contributed by atoms with Gasteiger partial charge in [-0.25, -0.2) is 15.0 Å². The third-order valence-electron chi connectivity index (χ3n) is 14.2. The lowest BCUT2D eigenvalue weighted by molar-refractivity contribution is 0.563. The molecule has 3 nitrogen and oxygen atoms in total. The number of benzene rings is 10. The predicted molar refractivity (Wildman–Crippen MR) is 264 cm³/mol. The van der Waals surface area contributed by atoms with Crippen LogP contribution in [0.25, 0.3) is 88.7 Å². The zero-order chi connectivity index (χ0) is 42.6. The molecule has 0 saturated carbocycles. The van der Waals surface area contributed by atoms with E-state index >= 15 is 0 Å². The number of aromatic nitrogens is 3. The highest BCUT2D eigenvalue weighted by Gasteiger charge is 2.53. The molecule has 0 bridgehead atoms. The van der Waals surface area contributed by atoms with E-state index in [1.165, 1.54) is 76.8 Å². The van der Waals surface area contributed by atoms with Gasteiger partial charge in [-0.1, -0.05) is 220 Å². The molecule has 0 N–H and O–H groups in total. The summed E-state index contributed by atoms with van der Waals surface area (Å²) >= 11 is 0. The van der Waals surface area contributed by atoms with Crippen molar-refractivity contribution in [3.8, 4) is 56.4 Å². The third kappa shape index (κ3) is 5.07. The maximum atomic E-state index is 5.41. The molecular weight excluding hydrogens is 775 g/mol. The maximum Gasteiger partial charge on any atom is 0.164 e. The van der Waals surface area contributed by atoms with Crippen LogP contribution in [0.4, 0.5) is 0 Å². The van der Waals surface area contributed by atoms with E-state index in [2.05, 4.69) is 208 Å². The van der Waals surface area contributed by atoms with Gasteiger partial charge in [0.05, 0.1) is 5.41 Å². The summed E-state index contributed by atoms with van der Waals surface area (Å²) in [7, 11) is 0. The highest BCUT2D eigenvalue weighted by atomic mass is 15.0. The molecule has 3 heteroatoms. The lowest BCUT2D eigenvalue weighted by Gasteiger charge is -2.46. The molecule has 11 aromatic rings. The summed E-state index contributed by atoms with van der Waals surface area (Å²) in [6.45, 7) is 4.75. The molecule has 300 valence electrons. The fourth-order valence-electron chi connectivity index (χ4n) is 11.4. The molecule has 0 atom stereocenters. The Morgan fingerprint density at radius 1 is 0.281 bits per heavy atom. The molecule has 1 spiro atoms. The molecule has 10 aromatic carbocycles. The fourth-order valence-corrected chi connectivity index (χ4v) is 11.4. The average Bonchev–Trinajstić information content (AvgIpc) is 3.67. The van der Waals surface area contributed by atoms with Crippen LogP contribution >= 0.6 is 0 Å². The van der Waals surface area contributed by atoms with Gasteiger partial charge in [-0.05, 0) is 94.0 Å². The van der Waals surface area contributed by atoms with Crippen molar-refractivity contribution in [2.75, 3.05) is 0 Å². The number of hydrogen-bond donors (Lipinski definition) is 0. The Labute approximate surface area is 372 Å². The molecule has 0 amide bonds. The van der Waals surface area contributed by atoms with Crippen LogP contribution in [0.5, 0.6) is 0 Å². The van der Waals surface area contributed by atoms with Crippen LogP contribution in [0.2, 0.25) is 0 Å². The Morgan fingerprint density at radius 3 is 1.36 bits per heavy atom. The predicted octanol–water partition coefficient (Wildman–Crippen LogP) is 15.0. The van der Waals surface area contributed by atoms with E-state index < -0.39 is 5.41 Å². The molecular formula is C61H41N3. The monoisotopic (exact) mass is 815 g/mol. The largest absolute Gasteiger partial charge is 0.208 e. The Morgan fingerprint density at radius 2 is 0.719 bits per heavy atom. The lowest BCUT2D eigenvalue weighted by atomic mass is 9.55. The van der Waals surface area contributed by atoms with E-state index in [4.69, 9.17) is 15.0 Å². The van der Waals surface area contributed by atoms with Gasteiger partial charge in [-0.3, -0.25) is 0 Å². The molecule has 2 aliphatic rings. The summed E-state index contributed by atoms with van der Waals surface area (Å²) in [6, 6.07) is 77.3. The third-order valence-corrected chi connectivity index (χ3v) is 14.2. The number of rotatable bonds is 4. The van der Waals surface area contributed by atoms with Crippen molar-refractivity contribution in [3.05, 3.63) is 246 Å². The second-order valence-electron chi connectivity index (χ2n) is 17.8. The molecule has 1 heterocycles. The first-order valence-corrected chi connectivity index (χ1v) is 22.2. The van der Waals surface area contributed by atoms with Crippen molar-refractivity contribution in [2.24, 2.45) is 0 Å². The van der Waals surface area contributed by atoms with Gasteiger partial charge in [0.2, 0.25) is 0 Å². The Hall–Kier alpha value is -8.01. The zero-order valence-corrected chi connectivity index (χ0v) is 35.5. The first-order valence-electron chi connectivity index (χ1n) is 22.2. The van der Waals surface area contributed by atoms with Crippen LogP contribution in [-0.2, 0) is 10.8 Å². The van der Waals surface area contributed by atoms with E-state index in [9.17, 15) is 0 Å². The standard InChI is InChI=1S/C61H41N3/c1-60(2)51-30-14-16-32-53(51)61(54-33-17-15-31-52(54)60)50-29-13-12-27-48(50)56-46(28-18-34-55(56)61)44-25-10-11-26-47(44)59-63-57(38-19-4-3-5-20-38)62-58(64-59)39-35-36-45-42-23-7-6-21-40(42)41-22-8-9-24-43(41)49(45)37-39/h3-37H,1-2H3. The van der Waals surface area contributed by atoms with Gasteiger partial charge in [0, 0.05) is 22.1 Å². The van der Waals surface area contributed by atoms with E-state index in [0.717, 1.165) is 27.8 Å². The lowest BCUT2D eigenvalue weighted by Crippen LogP contribution is -2.40. The maximum absolute atomic E-state index is 5.41. The highest BCUT2D eigenvalue weighted by molar-refractivity contribution is 6.25. The molecule has 2 aliphatic carbocycles. The molecule has 64 heavy (non-hydrogen) atoms. The minimum atomic E-state index is -0.494. The second-order valence-corrected chi connectivity index (χ2v) is 17.8. The Kier molecular flexibility index (Phi) is 7.87. The first kappa shape index (κ1) is 36.6. The first-order chi connectivity index (χ1) is 31.5. The van der Waals surface area contributed by atoms with Crippen LogP contribution in [0.3, 0.4) is 0 Å². The van der Waals surface area contributed by atoms with Crippen molar-refractivity contribution in [1.29, 1.82) is 0 Å². The van der Waals surface area contributed by atoms with Crippen LogP contribution in [0, 0.1) is 0 Å². The Bertz CT molecular complexity index is 3630. The summed E-state index contributed by atoms with van der Waals surface area (Å²) in [5, 5.41) is 7.33. The fraction of sp³-hybridized carbons (Fsp3) is 0.0656. The van der Waals surface area contributed by atoms with E-state index in [-0.39, 0.29) is 5.41 Å². The molecule has 0 unspecified atom stereocenters. The summed E-state index contributed by atoms with van der Waals surface area (Å²) in [5.74, 6) is 1.91. The quantitative estimate of drug-likeness (QED) is 0.166. The zero-order valence-electron chi connectivity index (χ0n) is 35.5. The van der Waals surface area contributed by atoms with Crippen LogP contribution in [-0.4, -0.2) is 15.0 Å². The number of fused-ring (bicyclic) bond motifs is 15. The van der Waals surface area contributed by atoms with Crippen LogP contribution < -0.4 is 0 Å². The summed E-state index contributed by atoms with van der Waals surface area (Å²) in [6.07, 6.45) is 0. The van der Waals surface area contributed by atoms with Gasteiger partial charge in [0.15, 0.2) is 17.5 Å². The molecule has 0 fully saturated rings. The molecule has 0 saturated heterocycles. The van der Waals surface area contributed by atoms with Gasteiger partial charge >= 0.3 is 0 Å². The SMILES string of the molecule is CC1(C)c2ccccc2C2(c3ccccc3-c3c(-c4ccccc4-c4nc(-c5ccccc5)nc(-c5ccc6c7ccccc7c7ccccc7c6c5)n4)cccc32)c2ccccc21. The topological polar surface area (TPSA) is 38.7 Å². The minimum Gasteiger partial charge on any atom is -0.208 e. The molecule has 13 rings (SSSR count). The van der Waals surface area contributed by atoms with Gasteiger partial charge < -0.3 is 0 Å². The van der Waals surface area contributed by atoms with Crippen molar-refractivity contribution in [1.82, 2.24) is 15.0 Å². The van der Waals surface area contributed by atoms with Gasteiger partial charge in [0.25, 0.3) is 0 Å². The van der Waals surface area contributed by atoms with Crippen molar-refractivity contribution < 1.29 is 0 Å². The number of hydrogen-bond acceptors (Lipinski definition) is 3. The Balaban J connectivity index is 1.05. The molecule has 1 aromatic heterocycles. The average molecular weight is 816 g/mol. The minimum absolute atomic E-state index is 0.168. The van der Waals surface area contributed by atoms with Crippen molar-refractivity contribution in [2.45, 2.75) is 24.7 Å². The molecule has 0 radical (unpaired) electrons. The summed E-state index contributed by atoms with van der Waals surface area (Å²) in [5.41, 5.74) is 15.0. The van der Waals surface area contributed by atoms with Crippen molar-refractivity contribution in [3.63, 3.8) is 0 Å². The summed E-state index contributed by atoms with van der Waals surface area (Å²) < 4.78 is 0. The van der Waals surface area contributed by atoms with Gasteiger partial charge in [-0.15, -0.1) is 0 Å². The van der Waals surface area contributed by atoms with Crippen LogP contribution in [0.1, 0.15) is 47.2 Å². The normalized spacial score (nSPS) is 14.0. The second kappa shape index (κ2) is 13.7. The van der Waals surface area contributed by atoms with E-state index in [1.54, 1.807) is 0 Å². The van der Waals surface area contributed by atoms with E-state index in [1.807, 2.05) is 18.2 Å². The van der Waals surface area contributed by atoms with Gasteiger partial charge in [-0.2, -0.15) is 0 Å². The molecule has 0 aliphatic heterocycles. The van der Waals surface area contributed by atoms with Gasteiger partial charge in [0.1, 0.15) is 0 Å². The smallest absolute Gasteiger partial charge is 0.164 e. The van der Waals surface area contributed by atoms with Crippen molar-refractivity contribution >= 4 is 32.3 Å². The highest BCUT2D eigenvalue weighted by Crippen LogP contribution is 2.63.